The maximum Gasteiger partial charge on any atom is 0.262 e. The molecule has 0 radical (unpaired) electrons. The summed E-state index contributed by atoms with van der Waals surface area (Å²) in [4.78, 5) is 12.6. The predicted molar refractivity (Wildman–Crippen MR) is 111 cm³/mol. The number of benzene rings is 2. The number of hydrogen-bond acceptors (Lipinski definition) is 3. The fraction of sp³-hybridized carbons (Fsp3) is 0.304. The number of ether oxygens (including phenoxy) is 1. The summed E-state index contributed by atoms with van der Waals surface area (Å²) in [6, 6.07) is 16.5. The van der Waals surface area contributed by atoms with E-state index in [9.17, 15) is 10.1 Å². The van der Waals surface area contributed by atoms with Crippen molar-refractivity contribution in [3.8, 4) is 17.6 Å². The van der Waals surface area contributed by atoms with Crippen molar-refractivity contribution >= 4 is 23.6 Å². The van der Waals surface area contributed by atoms with Gasteiger partial charge in [-0.25, -0.2) is 0 Å². The van der Waals surface area contributed by atoms with Crippen LogP contribution in [0, 0.1) is 17.2 Å². The van der Waals surface area contributed by atoms with Crippen LogP contribution in [0.2, 0.25) is 5.02 Å². The number of amides is 1. The van der Waals surface area contributed by atoms with Crippen LogP contribution >= 0.6 is 11.6 Å². The van der Waals surface area contributed by atoms with Gasteiger partial charge in [0.25, 0.3) is 5.91 Å². The summed E-state index contributed by atoms with van der Waals surface area (Å²) in [6.07, 6.45) is 5.99. The Kier molecular flexibility index (Phi) is 6.73. The van der Waals surface area contributed by atoms with Gasteiger partial charge in [-0.3, -0.25) is 4.79 Å². The van der Waals surface area contributed by atoms with Gasteiger partial charge in [-0.1, -0.05) is 43.5 Å². The summed E-state index contributed by atoms with van der Waals surface area (Å²) in [5, 5.41) is 13.1. The second kappa shape index (κ2) is 9.43. The number of halogens is 1. The van der Waals surface area contributed by atoms with Gasteiger partial charge in [-0.2, -0.15) is 5.26 Å². The third kappa shape index (κ3) is 5.37. The Balaban J connectivity index is 1.72. The number of nitriles is 1. The zero-order valence-electron chi connectivity index (χ0n) is 15.8. The summed E-state index contributed by atoms with van der Waals surface area (Å²) in [5.74, 6) is 1.41. The molecule has 4 nitrogen and oxygen atoms in total. The molecule has 0 bridgehead atoms. The minimum Gasteiger partial charge on any atom is -0.457 e. The van der Waals surface area contributed by atoms with E-state index in [0.717, 1.165) is 24.8 Å². The molecule has 2 unspecified atom stereocenters. The summed E-state index contributed by atoms with van der Waals surface area (Å²) >= 11 is 5.89. The Morgan fingerprint density at radius 1 is 1.18 bits per heavy atom. The number of hydrogen-bond donors (Lipinski definition) is 1. The van der Waals surface area contributed by atoms with Gasteiger partial charge in [0.05, 0.1) is 0 Å². The highest BCUT2D eigenvalue weighted by atomic mass is 35.5. The van der Waals surface area contributed by atoms with Crippen molar-refractivity contribution in [2.45, 2.75) is 38.6 Å². The van der Waals surface area contributed by atoms with Crippen LogP contribution in [0.15, 0.2) is 54.1 Å². The first-order valence-corrected chi connectivity index (χ1v) is 9.89. The average Bonchev–Trinajstić information content (AvgIpc) is 2.70. The van der Waals surface area contributed by atoms with E-state index < -0.39 is 0 Å². The van der Waals surface area contributed by atoms with E-state index in [2.05, 4.69) is 12.2 Å². The molecule has 2 atom stereocenters. The largest absolute Gasteiger partial charge is 0.457 e. The fourth-order valence-electron chi connectivity index (χ4n) is 3.40. The van der Waals surface area contributed by atoms with E-state index >= 15 is 0 Å². The molecular formula is C23H23ClN2O2. The number of carbonyl (C=O) groups is 1. The fourth-order valence-corrected chi connectivity index (χ4v) is 3.52. The number of carbonyl (C=O) groups excluding carboxylic acids is 1. The van der Waals surface area contributed by atoms with E-state index in [0.29, 0.717) is 22.4 Å². The first kappa shape index (κ1) is 20.0. The van der Waals surface area contributed by atoms with Crippen LogP contribution in [0.25, 0.3) is 6.08 Å². The lowest BCUT2D eigenvalue weighted by Gasteiger charge is -2.29. The van der Waals surface area contributed by atoms with Crippen LogP contribution in [-0.2, 0) is 4.79 Å². The maximum absolute atomic E-state index is 12.6. The Labute approximate surface area is 170 Å². The minimum absolute atomic E-state index is 0.0985. The van der Waals surface area contributed by atoms with Gasteiger partial charge < -0.3 is 10.1 Å². The zero-order valence-corrected chi connectivity index (χ0v) is 16.6. The monoisotopic (exact) mass is 394 g/mol. The van der Waals surface area contributed by atoms with Crippen molar-refractivity contribution in [1.82, 2.24) is 5.32 Å². The number of nitrogens with zero attached hydrogens (tertiary/aromatic N) is 1. The molecule has 1 fully saturated rings. The molecule has 1 aliphatic carbocycles. The third-order valence-electron chi connectivity index (χ3n) is 5.01. The number of rotatable bonds is 5. The third-order valence-corrected chi connectivity index (χ3v) is 5.26. The zero-order chi connectivity index (χ0) is 19.9. The topological polar surface area (TPSA) is 62.1 Å². The summed E-state index contributed by atoms with van der Waals surface area (Å²) in [6.45, 7) is 2.15. The van der Waals surface area contributed by atoms with Crippen LogP contribution in [0.1, 0.15) is 38.2 Å². The molecule has 1 amide bonds. The van der Waals surface area contributed by atoms with Gasteiger partial charge in [0.15, 0.2) is 0 Å². The Morgan fingerprint density at radius 2 is 1.93 bits per heavy atom. The van der Waals surface area contributed by atoms with Gasteiger partial charge in [0, 0.05) is 11.1 Å². The van der Waals surface area contributed by atoms with Crippen LogP contribution in [0.5, 0.6) is 11.5 Å². The SMILES string of the molecule is CC1CCCCC1NC(=O)/C(C#N)=C/c1cccc(Oc2ccc(Cl)cc2)c1. The molecule has 0 spiro atoms. The van der Waals surface area contributed by atoms with Crippen molar-refractivity contribution in [2.24, 2.45) is 5.92 Å². The van der Waals surface area contributed by atoms with Crippen molar-refractivity contribution in [2.75, 3.05) is 0 Å². The van der Waals surface area contributed by atoms with E-state index in [1.165, 1.54) is 6.42 Å². The lowest BCUT2D eigenvalue weighted by atomic mass is 9.86. The molecule has 1 aliphatic rings. The van der Waals surface area contributed by atoms with Gasteiger partial charge >= 0.3 is 0 Å². The molecule has 1 N–H and O–H groups in total. The quantitative estimate of drug-likeness (QED) is 0.520. The highest BCUT2D eigenvalue weighted by Crippen LogP contribution is 2.26. The van der Waals surface area contributed by atoms with Crippen LogP contribution < -0.4 is 10.1 Å². The molecule has 0 aliphatic heterocycles. The molecule has 0 saturated heterocycles. The summed E-state index contributed by atoms with van der Waals surface area (Å²) in [7, 11) is 0. The molecule has 2 aromatic rings. The van der Waals surface area contributed by atoms with Crippen LogP contribution in [0.3, 0.4) is 0 Å². The highest BCUT2D eigenvalue weighted by Gasteiger charge is 2.24. The molecule has 144 valence electrons. The standard InChI is InChI=1S/C23H23ClN2O2/c1-16-5-2-3-8-22(16)26-23(27)18(15-25)13-17-6-4-7-21(14-17)28-20-11-9-19(24)10-12-20/h4,6-7,9-14,16,22H,2-3,5,8H2,1H3,(H,26,27)/b18-13+. The molecule has 0 aromatic heterocycles. The Morgan fingerprint density at radius 3 is 2.64 bits per heavy atom. The van der Waals surface area contributed by atoms with Crippen molar-refractivity contribution in [3.05, 3.63) is 64.7 Å². The maximum atomic E-state index is 12.6. The van der Waals surface area contributed by atoms with E-state index in [4.69, 9.17) is 16.3 Å². The smallest absolute Gasteiger partial charge is 0.262 e. The normalized spacial score (nSPS) is 19.5. The first-order valence-electron chi connectivity index (χ1n) is 9.51. The van der Waals surface area contributed by atoms with E-state index in [-0.39, 0.29) is 17.5 Å². The van der Waals surface area contributed by atoms with E-state index in [1.54, 1.807) is 36.4 Å². The highest BCUT2D eigenvalue weighted by molar-refractivity contribution is 6.30. The van der Waals surface area contributed by atoms with Crippen molar-refractivity contribution in [1.29, 1.82) is 5.26 Å². The molecule has 3 rings (SSSR count). The number of nitrogens with one attached hydrogen (secondary N) is 1. The van der Waals surface area contributed by atoms with E-state index in [1.807, 2.05) is 24.3 Å². The van der Waals surface area contributed by atoms with Gasteiger partial charge in [-0.05, 0) is 66.8 Å². The molecule has 0 heterocycles. The van der Waals surface area contributed by atoms with Crippen LogP contribution in [-0.4, -0.2) is 11.9 Å². The summed E-state index contributed by atoms with van der Waals surface area (Å²) in [5.41, 5.74) is 0.830. The average molecular weight is 395 g/mol. The van der Waals surface area contributed by atoms with Gasteiger partial charge in [0.1, 0.15) is 23.1 Å². The van der Waals surface area contributed by atoms with Crippen molar-refractivity contribution < 1.29 is 9.53 Å². The molecule has 1 saturated carbocycles. The van der Waals surface area contributed by atoms with Crippen LogP contribution in [0.4, 0.5) is 0 Å². The minimum atomic E-state index is -0.315. The van der Waals surface area contributed by atoms with Gasteiger partial charge in [-0.15, -0.1) is 0 Å². The first-order chi connectivity index (χ1) is 13.5. The van der Waals surface area contributed by atoms with Gasteiger partial charge in [0.2, 0.25) is 0 Å². The molecule has 28 heavy (non-hydrogen) atoms. The summed E-state index contributed by atoms with van der Waals surface area (Å²) < 4.78 is 5.81. The molecule has 2 aromatic carbocycles. The Hall–Kier alpha value is -2.77. The lowest BCUT2D eigenvalue weighted by Crippen LogP contribution is -2.41. The lowest BCUT2D eigenvalue weighted by molar-refractivity contribution is -0.118. The predicted octanol–water partition coefficient (Wildman–Crippen LogP) is 5.73. The van der Waals surface area contributed by atoms with Crippen molar-refractivity contribution in [3.63, 3.8) is 0 Å². The molecular weight excluding hydrogens is 372 g/mol. The Bertz CT molecular complexity index is 900. The molecule has 5 heteroatoms. The second-order valence-electron chi connectivity index (χ2n) is 7.14. The second-order valence-corrected chi connectivity index (χ2v) is 7.58.